The van der Waals surface area contributed by atoms with Gasteiger partial charge in [0.05, 0.1) is 11.1 Å². The van der Waals surface area contributed by atoms with E-state index in [1.807, 2.05) is 20.8 Å². The van der Waals surface area contributed by atoms with Gasteiger partial charge < -0.3 is 21.3 Å². The van der Waals surface area contributed by atoms with Gasteiger partial charge in [-0.05, 0) is 30.9 Å². The Kier molecular flexibility index (Phi) is 9.02. The van der Waals surface area contributed by atoms with Gasteiger partial charge in [-0.2, -0.15) is 0 Å². The maximum Gasteiger partial charge on any atom is 0.264 e. The van der Waals surface area contributed by atoms with E-state index in [1.165, 1.54) is 32.2 Å². The Hall–Kier alpha value is -2.71. The molecule has 0 saturated carbocycles. The quantitative estimate of drug-likeness (QED) is 0.208. The second-order valence-electron chi connectivity index (χ2n) is 9.15. The van der Waals surface area contributed by atoms with E-state index in [9.17, 15) is 28.6 Å². The molecule has 4 atom stereocenters. The van der Waals surface area contributed by atoms with Crippen LogP contribution in [0.4, 0.5) is 5.69 Å². The van der Waals surface area contributed by atoms with Crippen molar-refractivity contribution >= 4 is 36.7 Å². The van der Waals surface area contributed by atoms with Crippen molar-refractivity contribution in [2.75, 3.05) is 19.1 Å². The van der Waals surface area contributed by atoms with Crippen molar-refractivity contribution in [1.82, 2.24) is 15.5 Å². The number of nitrogens with zero attached hydrogens (tertiary/aromatic N) is 1. The van der Waals surface area contributed by atoms with Gasteiger partial charge in [0.25, 0.3) is 11.8 Å². The van der Waals surface area contributed by atoms with Crippen LogP contribution in [0.1, 0.15) is 67.7 Å². The fourth-order valence-electron chi connectivity index (χ4n) is 4.16. The number of imide groups is 1. The molecule has 4 amide bonds. The lowest BCUT2D eigenvalue weighted by Gasteiger charge is -2.30. The highest BCUT2D eigenvalue weighted by molar-refractivity contribution is 7.58. The summed E-state index contributed by atoms with van der Waals surface area (Å²) in [5.74, 6) is -3.03. The SMILES string of the molecule is CCCC(C(=O)N[C@@H](CC(C)C)C(=O)NC)C(C)P(=O)(O)CN1C(=O)c2cccc(N)c2C1=O. The Morgan fingerprint density at radius 3 is 2.32 bits per heavy atom. The van der Waals surface area contributed by atoms with Gasteiger partial charge in [0.1, 0.15) is 12.3 Å². The number of hydrogen-bond donors (Lipinski definition) is 4. The first-order valence-electron chi connectivity index (χ1n) is 11.4. The smallest absolute Gasteiger partial charge is 0.264 e. The summed E-state index contributed by atoms with van der Waals surface area (Å²) in [6.07, 6.45) is 0.541. The predicted octanol–water partition coefficient (Wildman–Crippen LogP) is 2.17. The van der Waals surface area contributed by atoms with E-state index >= 15 is 0 Å². The molecule has 0 radical (unpaired) electrons. The van der Waals surface area contributed by atoms with Crippen molar-refractivity contribution < 1.29 is 28.6 Å². The van der Waals surface area contributed by atoms with Gasteiger partial charge in [-0.15, -0.1) is 0 Å². The number of anilines is 1. The molecule has 3 unspecified atom stereocenters. The molecule has 0 aliphatic carbocycles. The van der Waals surface area contributed by atoms with E-state index < -0.39 is 49.0 Å². The molecule has 1 heterocycles. The van der Waals surface area contributed by atoms with Crippen LogP contribution in [0.15, 0.2) is 18.2 Å². The van der Waals surface area contributed by atoms with E-state index in [2.05, 4.69) is 10.6 Å². The van der Waals surface area contributed by atoms with Gasteiger partial charge >= 0.3 is 0 Å². The number of nitrogens with one attached hydrogen (secondary N) is 2. The molecule has 1 aliphatic rings. The molecule has 34 heavy (non-hydrogen) atoms. The molecule has 188 valence electrons. The summed E-state index contributed by atoms with van der Waals surface area (Å²) in [5.41, 5.74) is 5.00. The molecule has 0 saturated heterocycles. The minimum absolute atomic E-state index is 0.0186. The number of carbonyl (C=O) groups is 4. The highest BCUT2D eigenvalue weighted by atomic mass is 31.2. The van der Waals surface area contributed by atoms with E-state index in [-0.39, 0.29) is 28.6 Å². The molecule has 1 aliphatic heterocycles. The van der Waals surface area contributed by atoms with Crippen LogP contribution in [0, 0.1) is 11.8 Å². The minimum atomic E-state index is -4.21. The molecule has 0 bridgehead atoms. The van der Waals surface area contributed by atoms with Crippen molar-refractivity contribution in [1.29, 1.82) is 0 Å². The Balaban J connectivity index is 2.24. The van der Waals surface area contributed by atoms with Crippen LogP contribution in [0.5, 0.6) is 0 Å². The Morgan fingerprint density at radius 1 is 1.15 bits per heavy atom. The van der Waals surface area contributed by atoms with Gasteiger partial charge in [0.15, 0.2) is 0 Å². The van der Waals surface area contributed by atoms with Gasteiger partial charge in [0.2, 0.25) is 19.2 Å². The van der Waals surface area contributed by atoms with E-state index in [0.29, 0.717) is 19.3 Å². The van der Waals surface area contributed by atoms with E-state index in [1.54, 1.807) is 0 Å². The van der Waals surface area contributed by atoms with Crippen LogP contribution in [0.25, 0.3) is 0 Å². The third-order valence-corrected chi connectivity index (χ3v) is 8.44. The molecule has 1 aromatic carbocycles. The van der Waals surface area contributed by atoms with Crippen molar-refractivity contribution in [2.24, 2.45) is 11.8 Å². The summed E-state index contributed by atoms with van der Waals surface area (Å²) < 4.78 is 13.4. The number of amides is 4. The van der Waals surface area contributed by atoms with Crippen molar-refractivity contribution in [3.8, 4) is 0 Å². The molecular weight excluding hydrogens is 459 g/mol. The zero-order chi connectivity index (χ0) is 25.8. The lowest BCUT2D eigenvalue weighted by atomic mass is 9.97. The first kappa shape index (κ1) is 27.5. The standard InChI is InChI=1S/C23H35N4O6P/c1-6-8-15(20(28)26-18(11-13(2)3)21(29)25-5)14(4)34(32,33)12-27-22(30)16-9-7-10-17(24)19(16)23(27)31/h7,9-10,13-15,18H,6,8,11-12,24H2,1-5H3,(H,25,29)(H,26,28)(H,32,33)/t14?,15?,18-/m0/s1. The summed E-state index contributed by atoms with van der Waals surface area (Å²) in [5, 5.41) is 5.25. The second kappa shape index (κ2) is 11.1. The number of benzene rings is 1. The molecule has 0 fully saturated rings. The number of fused-ring (bicyclic) bond motifs is 1. The summed E-state index contributed by atoms with van der Waals surface area (Å²) in [4.78, 5) is 62.6. The largest absolute Gasteiger partial charge is 0.398 e. The molecule has 0 aromatic heterocycles. The molecule has 5 N–H and O–H groups in total. The Bertz CT molecular complexity index is 1010. The van der Waals surface area contributed by atoms with Crippen molar-refractivity contribution in [3.05, 3.63) is 29.3 Å². The first-order valence-corrected chi connectivity index (χ1v) is 13.3. The van der Waals surface area contributed by atoms with Crippen LogP contribution in [0.3, 0.4) is 0 Å². The van der Waals surface area contributed by atoms with Crippen molar-refractivity contribution in [3.63, 3.8) is 0 Å². The fraction of sp³-hybridized carbons (Fsp3) is 0.565. The predicted molar refractivity (Wildman–Crippen MR) is 129 cm³/mol. The van der Waals surface area contributed by atoms with E-state index in [0.717, 1.165) is 4.90 Å². The highest BCUT2D eigenvalue weighted by Crippen LogP contribution is 2.51. The summed E-state index contributed by atoms with van der Waals surface area (Å²) in [7, 11) is -2.73. The maximum absolute atomic E-state index is 13.4. The number of rotatable bonds is 11. The number of nitrogens with two attached hydrogens (primary N) is 1. The topological polar surface area (TPSA) is 159 Å². The number of hydrogen-bond acceptors (Lipinski definition) is 6. The fourth-order valence-corrected chi connectivity index (χ4v) is 5.93. The molecule has 0 spiro atoms. The average Bonchev–Trinajstić information content (AvgIpc) is 3.00. The summed E-state index contributed by atoms with van der Waals surface area (Å²) in [6, 6.07) is 3.68. The molecule has 2 rings (SSSR count). The molecule has 1 aromatic rings. The third-order valence-electron chi connectivity index (χ3n) is 6.12. The maximum atomic E-state index is 13.4. The van der Waals surface area contributed by atoms with Crippen molar-refractivity contribution in [2.45, 2.75) is 58.7 Å². The number of nitrogen functional groups attached to an aromatic ring is 1. The van der Waals surface area contributed by atoms with Crippen LogP contribution in [-0.2, 0) is 14.2 Å². The van der Waals surface area contributed by atoms with Crippen LogP contribution in [-0.4, -0.2) is 58.5 Å². The van der Waals surface area contributed by atoms with Gasteiger partial charge in [-0.3, -0.25) is 28.6 Å². The van der Waals surface area contributed by atoms with Gasteiger partial charge in [0, 0.05) is 24.3 Å². The first-order chi connectivity index (χ1) is 15.8. The lowest BCUT2D eigenvalue weighted by Crippen LogP contribution is -2.49. The zero-order valence-electron chi connectivity index (χ0n) is 20.3. The average molecular weight is 495 g/mol. The summed E-state index contributed by atoms with van der Waals surface area (Å²) >= 11 is 0. The lowest BCUT2D eigenvalue weighted by molar-refractivity contribution is -0.131. The third kappa shape index (κ3) is 5.85. The highest BCUT2D eigenvalue weighted by Gasteiger charge is 2.45. The van der Waals surface area contributed by atoms with Crippen LogP contribution < -0.4 is 16.4 Å². The second-order valence-corrected chi connectivity index (χ2v) is 11.8. The molecular formula is C23H35N4O6P. The monoisotopic (exact) mass is 494 g/mol. The Morgan fingerprint density at radius 2 is 1.79 bits per heavy atom. The summed E-state index contributed by atoms with van der Waals surface area (Å²) in [6.45, 7) is 7.15. The van der Waals surface area contributed by atoms with Crippen LogP contribution >= 0.6 is 7.37 Å². The van der Waals surface area contributed by atoms with Gasteiger partial charge in [-0.25, -0.2) is 0 Å². The zero-order valence-corrected chi connectivity index (χ0v) is 21.2. The molecule has 11 heteroatoms. The van der Waals surface area contributed by atoms with Crippen LogP contribution in [0.2, 0.25) is 0 Å². The molecule has 10 nitrogen and oxygen atoms in total. The van der Waals surface area contributed by atoms with Gasteiger partial charge in [-0.1, -0.05) is 40.2 Å². The Labute approximate surface area is 200 Å². The minimum Gasteiger partial charge on any atom is -0.398 e. The normalized spacial score (nSPS) is 17.7. The van der Waals surface area contributed by atoms with E-state index in [4.69, 9.17) is 5.73 Å². The number of carbonyl (C=O) groups excluding carboxylic acids is 4. The number of likely N-dealkylation sites (N-methyl/N-ethyl adjacent to an activating group) is 1.